The monoisotopic (exact) mass is 375 g/mol. The van der Waals surface area contributed by atoms with Gasteiger partial charge in [0, 0.05) is 32.6 Å². The molecule has 1 aliphatic heterocycles. The van der Waals surface area contributed by atoms with Crippen molar-refractivity contribution in [2.75, 3.05) is 13.1 Å². The van der Waals surface area contributed by atoms with Gasteiger partial charge in [0.1, 0.15) is 5.60 Å². The zero-order valence-corrected chi connectivity index (χ0v) is 14.9. The van der Waals surface area contributed by atoms with Crippen LogP contribution in [0, 0.1) is 6.42 Å². The molecular formula is C10H18INO2Zn-. The molecule has 0 aliphatic carbocycles. The Labute approximate surface area is 122 Å². The molecule has 3 nitrogen and oxygen atoms in total. The molecule has 1 radical (unpaired) electrons. The number of carbonyl (C=O) groups is 1. The van der Waals surface area contributed by atoms with Crippen molar-refractivity contribution in [3.05, 3.63) is 6.42 Å². The van der Waals surface area contributed by atoms with E-state index in [9.17, 15) is 4.79 Å². The van der Waals surface area contributed by atoms with E-state index in [-0.39, 0.29) is 55.1 Å². The average molecular weight is 377 g/mol. The van der Waals surface area contributed by atoms with Crippen LogP contribution in [0.2, 0.25) is 0 Å². The maximum Gasteiger partial charge on any atom is 0.410 e. The smallest absolute Gasteiger partial charge is 0.410 e. The van der Waals surface area contributed by atoms with Crippen molar-refractivity contribution < 1.29 is 53.0 Å². The quantitative estimate of drug-likeness (QED) is 0.410. The summed E-state index contributed by atoms with van der Waals surface area (Å²) in [5.41, 5.74) is -0.377. The summed E-state index contributed by atoms with van der Waals surface area (Å²) in [7, 11) is 0. The number of hydrogen-bond donors (Lipinski definition) is 0. The molecule has 1 heterocycles. The second kappa shape index (κ2) is 7.83. The fourth-order valence-corrected chi connectivity index (χ4v) is 1.26. The van der Waals surface area contributed by atoms with Gasteiger partial charge in [0.25, 0.3) is 0 Å². The van der Waals surface area contributed by atoms with E-state index in [1.807, 2.05) is 20.8 Å². The van der Waals surface area contributed by atoms with Crippen LogP contribution < -0.4 is 24.0 Å². The summed E-state index contributed by atoms with van der Waals surface area (Å²) >= 11 is 0. The van der Waals surface area contributed by atoms with E-state index in [2.05, 4.69) is 6.42 Å². The summed E-state index contributed by atoms with van der Waals surface area (Å²) in [5.74, 6) is 0. The average Bonchev–Trinajstić information content (AvgIpc) is 2.03. The van der Waals surface area contributed by atoms with Gasteiger partial charge < -0.3 is 33.6 Å². The van der Waals surface area contributed by atoms with Crippen molar-refractivity contribution in [1.82, 2.24) is 4.90 Å². The summed E-state index contributed by atoms with van der Waals surface area (Å²) in [4.78, 5) is 13.3. The van der Waals surface area contributed by atoms with Crippen molar-refractivity contribution in [3.8, 4) is 0 Å². The molecule has 1 saturated heterocycles. The number of hydrogen-bond acceptors (Lipinski definition) is 2. The van der Waals surface area contributed by atoms with Gasteiger partial charge >= 0.3 is 6.09 Å². The molecule has 1 fully saturated rings. The minimum Gasteiger partial charge on any atom is -1.00 e. The Bertz CT molecular complexity index is 188. The third-order valence-electron chi connectivity index (χ3n) is 1.86. The first kappa shape index (κ1) is 18.0. The Kier molecular flexibility index (Phi) is 9.39. The van der Waals surface area contributed by atoms with E-state index in [1.165, 1.54) is 0 Å². The van der Waals surface area contributed by atoms with Gasteiger partial charge in [-0.15, -0.1) is 0 Å². The van der Waals surface area contributed by atoms with Gasteiger partial charge in [0.15, 0.2) is 0 Å². The predicted octanol–water partition coefficient (Wildman–Crippen LogP) is -0.777. The summed E-state index contributed by atoms with van der Waals surface area (Å²) in [6.07, 6.45) is 4.00. The van der Waals surface area contributed by atoms with Gasteiger partial charge in [0.2, 0.25) is 0 Å². The molecule has 15 heavy (non-hydrogen) atoms. The van der Waals surface area contributed by atoms with E-state index in [1.54, 1.807) is 4.90 Å². The number of carbonyl (C=O) groups excluding carboxylic acids is 1. The van der Waals surface area contributed by atoms with Gasteiger partial charge in [0.05, 0.1) is 0 Å². The normalized spacial score (nSPS) is 16.1. The Balaban J connectivity index is 0. The van der Waals surface area contributed by atoms with Crippen LogP contribution in [-0.2, 0) is 24.2 Å². The van der Waals surface area contributed by atoms with Crippen molar-refractivity contribution in [2.45, 2.75) is 39.2 Å². The molecule has 85 valence electrons. The number of likely N-dealkylation sites (tertiary alicyclic amines) is 1. The number of rotatable bonds is 0. The molecule has 0 unspecified atom stereocenters. The van der Waals surface area contributed by atoms with Gasteiger partial charge in [-0.3, -0.25) is 0 Å². The standard InChI is InChI=1S/C10H18NO2.HI.Zn/c1-10(2,3)13-9(12)11-7-5-4-6-8-11;;/h4H,5-8H2,1-3H3;1H;/p-1. The van der Waals surface area contributed by atoms with Crippen LogP contribution in [0.3, 0.4) is 0 Å². The first-order chi connectivity index (χ1) is 5.99. The van der Waals surface area contributed by atoms with E-state index in [4.69, 9.17) is 4.74 Å². The number of nitrogens with zero attached hydrogens (tertiary/aromatic N) is 1. The SMILES string of the molecule is CC(C)(C)OC(=O)N1CC[CH]CC1.[I-].[Zn]. The molecule has 0 spiro atoms. The van der Waals surface area contributed by atoms with Crippen LogP contribution in [-0.4, -0.2) is 29.7 Å². The second-order valence-corrected chi connectivity index (χ2v) is 4.33. The van der Waals surface area contributed by atoms with Crippen molar-refractivity contribution in [2.24, 2.45) is 0 Å². The van der Waals surface area contributed by atoms with Crippen molar-refractivity contribution in [1.29, 1.82) is 0 Å². The Hall–Kier alpha value is 0.623. The molecule has 0 N–H and O–H groups in total. The minimum atomic E-state index is -0.377. The van der Waals surface area contributed by atoms with E-state index < -0.39 is 0 Å². The first-order valence-corrected chi connectivity index (χ1v) is 4.78. The fraction of sp³-hybridized carbons (Fsp3) is 0.800. The van der Waals surface area contributed by atoms with Crippen molar-refractivity contribution in [3.63, 3.8) is 0 Å². The zero-order valence-electron chi connectivity index (χ0n) is 9.75. The topological polar surface area (TPSA) is 29.5 Å². The third kappa shape index (κ3) is 7.50. The molecule has 0 aromatic carbocycles. The van der Waals surface area contributed by atoms with Crippen LogP contribution in [0.5, 0.6) is 0 Å². The number of halogens is 1. The van der Waals surface area contributed by atoms with E-state index in [0.29, 0.717) is 0 Å². The Morgan fingerprint density at radius 3 is 2.13 bits per heavy atom. The first-order valence-electron chi connectivity index (χ1n) is 4.78. The molecule has 0 aromatic rings. The zero-order chi connectivity index (χ0) is 9.90. The molecule has 0 bridgehead atoms. The number of piperidine rings is 1. The van der Waals surface area contributed by atoms with Gasteiger partial charge in [-0.25, -0.2) is 4.79 Å². The molecule has 0 aromatic heterocycles. The molecule has 1 rings (SSSR count). The summed E-state index contributed by atoms with van der Waals surface area (Å²) in [5, 5.41) is 0. The maximum absolute atomic E-state index is 11.5. The van der Waals surface area contributed by atoms with E-state index in [0.717, 1.165) is 25.9 Å². The molecule has 0 saturated carbocycles. The molecule has 0 atom stereocenters. The van der Waals surface area contributed by atoms with E-state index >= 15 is 0 Å². The van der Waals surface area contributed by atoms with Crippen LogP contribution in [0.15, 0.2) is 0 Å². The fourth-order valence-electron chi connectivity index (χ4n) is 1.26. The van der Waals surface area contributed by atoms with Gasteiger partial charge in [-0.1, -0.05) is 0 Å². The maximum atomic E-state index is 11.5. The van der Waals surface area contributed by atoms with Crippen molar-refractivity contribution >= 4 is 6.09 Å². The molecule has 1 aliphatic rings. The number of amides is 1. The summed E-state index contributed by atoms with van der Waals surface area (Å²) < 4.78 is 5.25. The molecule has 1 amide bonds. The van der Waals surface area contributed by atoms with Crippen LogP contribution in [0.4, 0.5) is 4.79 Å². The predicted molar refractivity (Wildman–Crippen MR) is 51.3 cm³/mol. The third-order valence-corrected chi connectivity index (χ3v) is 1.86. The summed E-state index contributed by atoms with van der Waals surface area (Å²) in [6, 6.07) is 0. The van der Waals surface area contributed by atoms with Gasteiger partial charge in [-0.05, 0) is 40.0 Å². The molecule has 5 heteroatoms. The second-order valence-electron chi connectivity index (χ2n) is 4.33. The minimum absolute atomic E-state index is 0. The largest absolute Gasteiger partial charge is 1.00 e. The van der Waals surface area contributed by atoms with Crippen LogP contribution in [0.1, 0.15) is 33.6 Å². The van der Waals surface area contributed by atoms with Gasteiger partial charge in [-0.2, -0.15) is 0 Å². The summed E-state index contributed by atoms with van der Waals surface area (Å²) in [6.45, 7) is 7.27. The Morgan fingerprint density at radius 1 is 1.27 bits per heavy atom. The Morgan fingerprint density at radius 2 is 1.73 bits per heavy atom. The number of ether oxygens (including phenoxy) is 1. The molecular weight excluding hydrogens is 358 g/mol. The van der Waals surface area contributed by atoms with Crippen LogP contribution >= 0.6 is 0 Å². The van der Waals surface area contributed by atoms with Crippen LogP contribution in [0.25, 0.3) is 0 Å².